The number of hydrogen-bond donors (Lipinski definition) is 0. The van der Waals surface area contributed by atoms with Gasteiger partial charge in [-0.25, -0.2) is 8.42 Å². The first-order chi connectivity index (χ1) is 16.4. The van der Waals surface area contributed by atoms with E-state index >= 15 is 0 Å². The Morgan fingerprint density at radius 3 is 2.31 bits per heavy atom. The van der Waals surface area contributed by atoms with Crippen LogP contribution in [0.15, 0.2) is 17.0 Å². The maximum atomic E-state index is 13.1. The first-order valence-electron chi connectivity index (χ1n) is 12.6. The van der Waals surface area contributed by atoms with E-state index in [4.69, 9.17) is 9.47 Å². The molecule has 198 valence electrons. The molecule has 35 heavy (non-hydrogen) atoms. The molecule has 0 aromatic heterocycles. The van der Waals surface area contributed by atoms with Crippen LogP contribution in [0.2, 0.25) is 0 Å². The zero-order valence-electron chi connectivity index (χ0n) is 22.5. The Bertz CT molecular complexity index is 983. The van der Waals surface area contributed by atoms with Crippen molar-refractivity contribution in [3.8, 4) is 5.75 Å². The Hall–Kier alpha value is -1.68. The zero-order chi connectivity index (χ0) is 26.0. The average Bonchev–Trinajstić information content (AvgIpc) is 2.75. The molecule has 1 aliphatic carbocycles. The van der Waals surface area contributed by atoms with E-state index in [0.29, 0.717) is 22.8 Å². The Morgan fingerprint density at radius 2 is 1.80 bits per heavy atom. The second-order valence-electron chi connectivity index (χ2n) is 10.7. The molecule has 0 spiro atoms. The fourth-order valence-corrected chi connectivity index (χ4v) is 6.98. The van der Waals surface area contributed by atoms with Gasteiger partial charge in [0.15, 0.2) is 0 Å². The van der Waals surface area contributed by atoms with Gasteiger partial charge in [-0.05, 0) is 87.3 Å². The normalized spacial score (nSPS) is 21.9. The number of rotatable bonds is 12. The molecule has 0 radical (unpaired) electrons. The van der Waals surface area contributed by atoms with Gasteiger partial charge in [0.2, 0.25) is 15.9 Å². The van der Waals surface area contributed by atoms with E-state index in [1.165, 1.54) is 37.3 Å². The smallest absolute Gasteiger partial charge is 0.248 e. The Morgan fingerprint density at radius 1 is 1.17 bits per heavy atom. The van der Waals surface area contributed by atoms with Crippen LogP contribution in [0.5, 0.6) is 5.75 Å². The van der Waals surface area contributed by atoms with E-state index in [1.54, 1.807) is 33.1 Å². The highest BCUT2D eigenvalue weighted by Gasteiger charge is 2.50. The number of benzene rings is 1. The topological polar surface area (TPSA) is 79.4 Å². The van der Waals surface area contributed by atoms with Gasteiger partial charge in [0.1, 0.15) is 12.4 Å². The van der Waals surface area contributed by atoms with Gasteiger partial charge in [0.05, 0.1) is 18.6 Å². The number of likely N-dealkylation sites (N-methyl/N-ethyl adjacent to an activating group) is 2. The first kappa shape index (κ1) is 27.9. The summed E-state index contributed by atoms with van der Waals surface area (Å²) in [6.45, 7) is 11.9. The molecule has 2 atom stereocenters. The molecule has 1 aromatic rings. The summed E-state index contributed by atoms with van der Waals surface area (Å²) in [4.78, 5) is 17.4. The number of hydrogen-bond acceptors (Lipinski definition) is 6. The van der Waals surface area contributed by atoms with E-state index in [0.717, 1.165) is 13.0 Å². The molecule has 0 N–H and O–H groups in total. The number of amides is 1. The first-order valence-corrected chi connectivity index (χ1v) is 14.0. The average molecular weight is 510 g/mol. The Labute approximate surface area is 211 Å². The van der Waals surface area contributed by atoms with Crippen molar-refractivity contribution in [2.24, 2.45) is 11.3 Å². The van der Waals surface area contributed by atoms with Crippen LogP contribution in [0.4, 0.5) is 0 Å². The lowest BCUT2D eigenvalue weighted by molar-refractivity contribution is -0.148. The molecule has 0 unspecified atom stereocenters. The van der Waals surface area contributed by atoms with Crippen molar-refractivity contribution >= 4 is 15.9 Å². The third kappa shape index (κ3) is 6.01. The summed E-state index contributed by atoms with van der Waals surface area (Å²) >= 11 is 0. The lowest BCUT2D eigenvalue weighted by atomic mass is 9.57. The van der Waals surface area contributed by atoms with Crippen LogP contribution in [-0.4, -0.2) is 95.1 Å². The number of methoxy groups -OCH3 is 1. The van der Waals surface area contributed by atoms with Crippen molar-refractivity contribution < 1.29 is 22.7 Å². The maximum Gasteiger partial charge on any atom is 0.248 e. The van der Waals surface area contributed by atoms with Crippen molar-refractivity contribution in [1.82, 2.24) is 14.1 Å². The van der Waals surface area contributed by atoms with Gasteiger partial charge in [-0.3, -0.25) is 4.79 Å². The number of carbonyl (C=O) groups is 1. The van der Waals surface area contributed by atoms with Crippen LogP contribution in [0, 0.1) is 25.2 Å². The lowest BCUT2D eigenvalue weighted by Gasteiger charge is -2.56. The molecule has 2 fully saturated rings. The molecular formula is C26H43N3O5S. The minimum atomic E-state index is -3.68. The number of nitrogens with zero attached hydrogens (tertiary/aromatic N) is 3. The molecule has 1 aromatic carbocycles. The van der Waals surface area contributed by atoms with Crippen molar-refractivity contribution in [3.05, 3.63) is 23.3 Å². The molecule has 1 amide bonds. The fourth-order valence-electron chi connectivity index (χ4n) is 5.42. The zero-order valence-corrected chi connectivity index (χ0v) is 23.3. The van der Waals surface area contributed by atoms with E-state index in [-0.39, 0.29) is 42.0 Å². The van der Waals surface area contributed by atoms with Gasteiger partial charge in [-0.2, -0.15) is 4.31 Å². The van der Waals surface area contributed by atoms with Gasteiger partial charge in [0, 0.05) is 26.7 Å². The van der Waals surface area contributed by atoms with Crippen molar-refractivity contribution in [3.63, 3.8) is 0 Å². The molecule has 1 saturated heterocycles. The highest BCUT2D eigenvalue weighted by Crippen LogP contribution is 2.50. The number of carbonyl (C=O) groups excluding carboxylic acids is 1. The maximum absolute atomic E-state index is 13.1. The summed E-state index contributed by atoms with van der Waals surface area (Å²) < 4.78 is 38.4. The lowest BCUT2D eigenvalue weighted by Crippen LogP contribution is -2.59. The molecule has 3 rings (SSSR count). The summed E-state index contributed by atoms with van der Waals surface area (Å²) in [5, 5.41) is 0. The van der Waals surface area contributed by atoms with Crippen molar-refractivity contribution in [2.45, 2.75) is 57.9 Å². The van der Waals surface area contributed by atoms with E-state index in [9.17, 15) is 13.2 Å². The largest absolute Gasteiger partial charge is 0.497 e. The molecule has 0 bridgehead atoms. The highest BCUT2D eigenvalue weighted by molar-refractivity contribution is 7.89. The quantitative estimate of drug-likeness (QED) is 0.403. The van der Waals surface area contributed by atoms with Gasteiger partial charge >= 0.3 is 0 Å². The second kappa shape index (κ2) is 11.2. The summed E-state index contributed by atoms with van der Waals surface area (Å²) in [5.74, 6) is 1.20. The van der Waals surface area contributed by atoms with Crippen LogP contribution in [0.25, 0.3) is 0 Å². The summed E-state index contributed by atoms with van der Waals surface area (Å²) in [6.07, 6.45) is 3.54. The van der Waals surface area contributed by atoms with E-state index < -0.39 is 10.0 Å². The SMILES string of the molecule is COc1cc(C)c(S(=O)(=O)N(C)CCOCC(=O)N(C)[C@@H]2C[C@H](CCN3CCC3)C2(C)C)c(C)c1. The van der Waals surface area contributed by atoms with Crippen LogP contribution in [0.3, 0.4) is 0 Å². The van der Waals surface area contributed by atoms with Gasteiger partial charge in [0.25, 0.3) is 0 Å². The molecular weight excluding hydrogens is 466 g/mol. The number of ether oxygens (including phenoxy) is 2. The summed E-state index contributed by atoms with van der Waals surface area (Å²) in [5.41, 5.74) is 1.37. The third-order valence-corrected chi connectivity index (χ3v) is 10.3. The third-order valence-electron chi connectivity index (χ3n) is 8.14. The molecule has 2 aliphatic rings. The minimum Gasteiger partial charge on any atom is -0.497 e. The minimum absolute atomic E-state index is 0.0456. The number of aryl methyl sites for hydroxylation is 2. The van der Waals surface area contributed by atoms with Crippen LogP contribution >= 0.6 is 0 Å². The van der Waals surface area contributed by atoms with E-state index in [1.807, 2.05) is 11.9 Å². The summed E-state index contributed by atoms with van der Waals surface area (Å²) in [6, 6.07) is 3.65. The highest BCUT2D eigenvalue weighted by atomic mass is 32.2. The van der Waals surface area contributed by atoms with Crippen LogP contribution in [-0.2, 0) is 19.6 Å². The van der Waals surface area contributed by atoms with E-state index in [2.05, 4.69) is 18.7 Å². The number of likely N-dealkylation sites (tertiary alicyclic amines) is 1. The van der Waals surface area contributed by atoms with Crippen molar-refractivity contribution in [1.29, 1.82) is 0 Å². The molecule has 8 nitrogen and oxygen atoms in total. The Kier molecular flexibility index (Phi) is 8.89. The van der Waals surface area contributed by atoms with Gasteiger partial charge in [-0.1, -0.05) is 13.8 Å². The van der Waals surface area contributed by atoms with Gasteiger partial charge < -0.3 is 19.3 Å². The predicted octanol–water partition coefficient (Wildman–Crippen LogP) is 2.92. The predicted molar refractivity (Wildman–Crippen MR) is 137 cm³/mol. The monoisotopic (exact) mass is 509 g/mol. The second-order valence-corrected chi connectivity index (χ2v) is 12.7. The Balaban J connectivity index is 1.45. The fraction of sp³-hybridized carbons (Fsp3) is 0.731. The molecule has 9 heteroatoms. The number of sulfonamides is 1. The standard InChI is InChI=1S/C26H43N3O5S/c1-19-15-22(33-7)16-20(2)25(19)35(31,32)27(5)13-14-34-18-24(30)28(6)23-17-21(26(23,3)4)9-12-29-10-8-11-29/h15-16,21,23H,8-14,17-18H2,1-7H3/t21-,23+/m0/s1. The molecule has 1 saturated carbocycles. The van der Waals surface area contributed by atoms with Crippen LogP contribution < -0.4 is 4.74 Å². The summed E-state index contributed by atoms with van der Waals surface area (Å²) in [7, 11) is 1.27. The molecule has 1 aliphatic heterocycles. The van der Waals surface area contributed by atoms with Crippen molar-refractivity contribution in [2.75, 3.05) is 60.6 Å². The van der Waals surface area contributed by atoms with Crippen LogP contribution in [0.1, 0.15) is 44.2 Å². The van der Waals surface area contributed by atoms with Gasteiger partial charge in [-0.15, -0.1) is 0 Å². The molecule has 1 heterocycles.